The van der Waals surface area contributed by atoms with Gasteiger partial charge in [-0.1, -0.05) is 6.58 Å². The average molecular weight is 220 g/mol. The lowest BCUT2D eigenvalue weighted by Gasteiger charge is -2.58. The van der Waals surface area contributed by atoms with Crippen molar-refractivity contribution in [3.63, 3.8) is 0 Å². The molecule has 3 nitrogen and oxygen atoms in total. The smallest absolute Gasteiger partial charge is 0.164 e. The van der Waals surface area contributed by atoms with Crippen molar-refractivity contribution in [2.45, 2.75) is 51.1 Å². The van der Waals surface area contributed by atoms with Gasteiger partial charge in [-0.05, 0) is 50.5 Å². The molecule has 0 aromatic rings. The van der Waals surface area contributed by atoms with Gasteiger partial charge in [0.05, 0.1) is 0 Å². The lowest BCUT2D eigenvalue weighted by Crippen LogP contribution is -2.62. The molecule has 4 bridgehead atoms. The number of carbonyl (C=O) groups is 1. The Labute approximate surface area is 96.1 Å². The maximum absolute atomic E-state index is 12.3. The first kappa shape index (κ1) is 10.5. The van der Waals surface area contributed by atoms with Crippen molar-refractivity contribution >= 4 is 5.78 Å². The van der Waals surface area contributed by atoms with Crippen LogP contribution in [0.2, 0.25) is 0 Å². The number of allylic oxidation sites excluding steroid dienone is 1. The van der Waals surface area contributed by atoms with E-state index < -0.39 is 0 Å². The van der Waals surface area contributed by atoms with Crippen LogP contribution in [0.15, 0.2) is 12.2 Å². The van der Waals surface area contributed by atoms with Gasteiger partial charge in [0.1, 0.15) is 0 Å². The lowest BCUT2D eigenvalue weighted by molar-refractivity contribution is -0.282. The molecule has 1 radical (unpaired) electrons. The van der Waals surface area contributed by atoms with E-state index in [9.17, 15) is 10.0 Å². The van der Waals surface area contributed by atoms with E-state index in [4.69, 9.17) is 0 Å². The lowest BCUT2D eigenvalue weighted by atomic mass is 9.54. The van der Waals surface area contributed by atoms with Crippen LogP contribution in [-0.4, -0.2) is 22.9 Å². The zero-order valence-corrected chi connectivity index (χ0v) is 9.74. The fraction of sp³-hybridized carbons (Fsp3) is 0.769. The predicted octanol–water partition coefficient (Wildman–Crippen LogP) is 2.11. The van der Waals surface area contributed by atoms with Gasteiger partial charge in [-0.25, -0.2) is 0 Å². The summed E-state index contributed by atoms with van der Waals surface area (Å²) < 4.78 is 0. The number of rotatable bonds is 2. The molecule has 4 aliphatic rings. The Kier molecular flexibility index (Phi) is 2.08. The number of hydroxylamine groups is 2. The third-order valence-corrected chi connectivity index (χ3v) is 4.73. The summed E-state index contributed by atoms with van der Waals surface area (Å²) in [6, 6.07) is 0.212. The molecule has 2 saturated carbocycles. The first-order valence-electron chi connectivity index (χ1n) is 6.18. The minimum atomic E-state index is -0.219. The van der Waals surface area contributed by atoms with Crippen molar-refractivity contribution in [2.75, 3.05) is 0 Å². The standard InChI is InChI=1S/C13H18NO2/c1-8(2)12(15)13-5-9-3-10(6-13)14(16)11(4-9)7-13/h9-11H,1,3-7H2,2H3. The minimum absolute atomic E-state index is 0.106. The largest absolute Gasteiger partial charge is 0.294 e. The fourth-order valence-corrected chi connectivity index (χ4v) is 4.32. The Hall–Kier alpha value is -0.670. The zero-order chi connectivity index (χ0) is 11.5. The zero-order valence-electron chi connectivity index (χ0n) is 9.74. The molecule has 2 aliphatic heterocycles. The summed E-state index contributed by atoms with van der Waals surface area (Å²) in [7, 11) is 0. The van der Waals surface area contributed by atoms with Gasteiger partial charge >= 0.3 is 0 Å². The van der Waals surface area contributed by atoms with E-state index in [-0.39, 0.29) is 23.3 Å². The summed E-state index contributed by atoms with van der Waals surface area (Å²) in [5, 5.41) is 13.2. The summed E-state index contributed by atoms with van der Waals surface area (Å²) >= 11 is 0. The number of hydrogen-bond donors (Lipinski definition) is 0. The third kappa shape index (κ3) is 1.25. The number of nitrogens with zero attached hydrogens (tertiary/aromatic N) is 1. The SMILES string of the molecule is C=C(C)C(=O)C12CC3CC(C1)N([O])C(C3)C2. The fourth-order valence-electron chi connectivity index (χ4n) is 4.32. The Bertz CT molecular complexity index is 347. The van der Waals surface area contributed by atoms with E-state index in [0.29, 0.717) is 11.5 Å². The number of Topliss-reactive ketones (excluding diaryl/α,β-unsaturated/α-hetero) is 1. The van der Waals surface area contributed by atoms with Crippen molar-refractivity contribution in [1.82, 2.24) is 5.06 Å². The minimum Gasteiger partial charge on any atom is -0.294 e. The topological polar surface area (TPSA) is 40.2 Å². The summed E-state index contributed by atoms with van der Waals surface area (Å²) in [4.78, 5) is 12.3. The second kappa shape index (κ2) is 3.17. The summed E-state index contributed by atoms with van der Waals surface area (Å²) in [6.45, 7) is 5.59. The van der Waals surface area contributed by atoms with Crippen LogP contribution in [0.1, 0.15) is 39.0 Å². The van der Waals surface area contributed by atoms with Gasteiger partial charge in [0.2, 0.25) is 0 Å². The predicted molar refractivity (Wildman–Crippen MR) is 58.9 cm³/mol. The maximum atomic E-state index is 12.3. The van der Waals surface area contributed by atoms with Crippen LogP contribution in [0.5, 0.6) is 0 Å². The molecule has 87 valence electrons. The van der Waals surface area contributed by atoms with E-state index in [1.807, 2.05) is 0 Å². The normalized spacial score (nSPS) is 46.0. The summed E-state index contributed by atoms with van der Waals surface area (Å²) in [5.41, 5.74) is 0.447. The van der Waals surface area contributed by atoms with Gasteiger partial charge in [-0.3, -0.25) is 4.79 Å². The van der Waals surface area contributed by atoms with Gasteiger partial charge in [0, 0.05) is 17.5 Å². The van der Waals surface area contributed by atoms with Gasteiger partial charge in [0.15, 0.2) is 5.78 Å². The maximum Gasteiger partial charge on any atom is 0.164 e. The Morgan fingerprint density at radius 1 is 1.25 bits per heavy atom. The van der Waals surface area contributed by atoms with Crippen LogP contribution in [-0.2, 0) is 10.0 Å². The van der Waals surface area contributed by atoms with Crippen molar-refractivity contribution in [3.05, 3.63) is 12.2 Å². The molecule has 3 heteroatoms. The highest BCUT2D eigenvalue weighted by Crippen LogP contribution is 2.56. The molecule has 0 aromatic carbocycles. The molecule has 0 amide bonds. The number of ketones is 1. The first-order valence-corrected chi connectivity index (χ1v) is 6.18. The molecule has 0 N–H and O–H groups in total. The highest BCUT2D eigenvalue weighted by Gasteiger charge is 2.57. The van der Waals surface area contributed by atoms with Crippen molar-refractivity contribution in [2.24, 2.45) is 11.3 Å². The molecule has 2 atom stereocenters. The van der Waals surface area contributed by atoms with E-state index >= 15 is 0 Å². The summed E-state index contributed by atoms with van der Waals surface area (Å²) in [6.07, 6.45) is 4.56. The molecule has 2 saturated heterocycles. The Balaban J connectivity index is 1.94. The van der Waals surface area contributed by atoms with E-state index in [1.54, 1.807) is 6.92 Å². The second-order valence-electron chi connectivity index (χ2n) is 6.01. The van der Waals surface area contributed by atoms with Gasteiger partial charge in [-0.2, -0.15) is 0 Å². The molecule has 2 heterocycles. The average Bonchev–Trinajstić information content (AvgIpc) is 2.23. The van der Waals surface area contributed by atoms with E-state index in [0.717, 1.165) is 32.1 Å². The quantitative estimate of drug-likeness (QED) is 0.669. The molecule has 4 fully saturated rings. The first-order chi connectivity index (χ1) is 7.52. The van der Waals surface area contributed by atoms with Crippen LogP contribution in [0, 0.1) is 11.3 Å². The van der Waals surface area contributed by atoms with Crippen LogP contribution in [0.4, 0.5) is 0 Å². The van der Waals surface area contributed by atoms with Gasteiger partial charge < -0.3 is 0 Å². The molecule has 4 rings (SSSR count). The Morgan fingerprint density at radius 3 is 2.31 bits per heavy atom. The number of piperidine rings is 2. The summed E-state index contributed by atoms with van der Waals surface area (Å²) in [5.74, 6) is 0.825. The van der Waals surface area contributed by atoms with Crippen LogP contribution >= 0.6 is 0 Å². The van der Waals surface area contributed by atoms with Crippen LogP contribution in [0.3, 0.4) is 0 Å². The number of hydrogen-bond acceptors (Lipinski definition) is 2. The van der Waals surface area contributed by atoms with Gasteiger partial charge in [0.25, 0.3) is 0 Å². The van der Waals surface area contributed by atoms with Crippen LogP contribution in [0.25, 0.3) is 0 Å². The second-order valence-corrected chi connectivity index (χ2v) is 6.01. The van der Waals surface area contributed by atoms with Crippen molar-refractivity contribution in [3.8, 4) is 0 Å². The van der Waals surface area contributed by atoms with Crippen molar-refractivity contribution < 1.29 is 10.0 Å². The van der Waals surface area contributed by atoms with E-state index in [1.165, 1.54) is 5.06 Å². The molecule has 2 unspecified atom stereocenters. The Morgan fingerprint density at radius 2 is 1.81 bits per heavy atom. The third-order valence-electron chi connectivity index (χ3n) is 4.73. The molecular weight excluding hydrogens is 202 g/mol. The molecule has 0 spiro atoms. The molecule has 0 aromatic heterocycles. The monoisotopic (exact) mass is 220 g/mol. The van der Waals surface area contributed by atoms with Crippen LogP contribution < -0.4 is 0 Å². The molecule has 2 aliphatic carbocycles. The number of carbonyl (C=O) groups excluding carboxylic acids is 1. The molecule has 16 heavy (non-hydrogen) atoms. The molecular formula is C13H18NO2. The van der Waals surface area contributed by atoms with Gasteiger partial charge in [-0.15, -0.1) is 10.3 Å². The van der Waals surface area contributed by atoms with Crippen molar-refractivity contribution in [1.29, 1.82) is 0 Å². The highest BCUT2D eigenvalue weighted by atomic mass is 16.5. The van der Waals surface area contributed by atoms with E-state index in [2.05, 4.69) is 6.58 Å². The highest BCUT2D eigenvalue weighted by molar-refractivity contribution is 5.99.